The summed E-state index contributed by atoms with van der Waals surface area (Å²) < 4.78 is 0. The zero-order valence-corrected chi connectivity index (χ0v) is 17.5. The molecule has 0 spiro atoms. The Morgan fingerprint density at radius 1 is 0.967 bits per heavy atom. The van der Waals surface area contributed by atoms with Crippen molar-refractivity contribution in [2.24, 2.45) is 0 Å². The molecule has 3 aromatic rings. The molecule has 0 heterocycles. The zero-order valence-electron chi connectivity index (χ0n) is 16.7. The fourth-order valence-corrected chi connectivity index (χ4v) is 4.07. The van der Waals surface area contributed by atoms with Crippen LogP contribution in [-0.2, 0) is 23.5 Å². The number of thioether (sulfide) groups is 1. The van der Waals surface area contributed by atoms with Crippen molar-refractivity contribution in [3.63, 3.8) is 0 Å². The number of hydrogen-bond donors (Lipinski definition) is 2. The van der Waals surface area contributed by atoms with Crippen LogP contribution in [-0.4, -0.2) is 17.6 Å². The Balaban J connectivity index is 0.00000320. The van der Waals surface area contributed by atoms with Crippen LogP contribution in [0.1, 0.15) is 37.5 Å². The second kappa shape index (κ2) is 12.2. The van der Waals surface area contributed by atoms with Gasteiger partial charge in [0.25, 0.3) is 0 Å². The number of rotatable bonds is 10. The molecule has 0 unspecified atom stereocenters. The Morgan fingerprint density at radius 3 is 2.33 bits per heavy atom. The van der Waals surface area contributed by atoms with Gasteiger partial charge in [0.05, 0.1) is 6.42 Å². The van der Waals surface area contributed by atoms with Crippen molar-refractivity contribution in [2.45, 2.75) is 44.4 Å². The van der Waals surface area contributed by atoms with Gasteiger partial charge in [-0.2, -0.15) is 0 Å². The van der Waals surface area contributed by atoms with Gasteiger partial charge in [-0.1, -0.05) is 75.0 Å². The van der Waals surface area contributed by atoms with E-state index >= 15 is 0 Å². The number of aliphatic carboxylic acids is 1. The van der Waals surface area contributed by atoms with Crippen LogP contribution in [0.4, 0.5) is 0 Å². The summed E-state index contributed by atoms with van der Waals surface area (Å²) in [4.78, 5) is 11.8. The average molecular weight is 422 g/mol. The highest BCUT2D eigenvalue weighted by atomic mass is 32.2. The molecule has 30 heavy (non-hydrogen) atoms. The topological polar surface area (TPSA) is 49.3 Å². The smallest absolute Gasteiger partial charge is 0.304 e. The number of carboxylic acids is 1. The lowest BCUT2D eigenvalue weighted by Gasteiger charge is -2.11. The molecule has 0 aromatic heterocycles. The minimum atomic E-state index is -0.771. The molecule has 0 saturated heterocycles. The standard InChI is InChI=1S/C25H27NO2S.CH4/c1-2-21-16-20(10-13-24(21)22-6-4-3-5-7-22)18-29-23-11-8-19(9-12-23)17-26-15-14-25(27)28;/h3-13,16,26H,2,14-15,17-18H2,1H3,(H,27,28);1H4. The monoisotopic (exact) mass is 421 g/mol. The van der Waals surface area contributed by atoms with E-state index in [1.165, 1.54) is 32.7 Å². The third kappa shape index (κ3) is 7.05. The molecule has 0 bridgehead atoms. The van der Waals surface area contributed by atoms with Gasteiger partial charge >= 0.3 is 5.97 Å². The molecule has 0 aliphatic rings. The third-order valence-corrected chi connectivity index (χ3v) is 5.89. The van der Waals surface area contributed by atoms with Crippen molar-refractivity contribution < 1.29 is 9.90 Å². The van der Waals surface area contributed by atoms with E-state index in [4.69, 9.17) is 5.11 Å². The molecule has 3 aromatic carbocycles. The van der Waals surface area contributed by atoms with Gasteiger partial charge < -0.3 is 10.4 Å². The van der Waals surface area contributed by atoms with Gasteiger partial charge in [0.1, 0.15) is 0 Å². The van der Waals surface area contributed by atoms with E-state index in [2.05, 4.69) is 85.0 Å². The van der Waals surface area contributed by atoms with E-state index in [9.17, 15) is 4.79 Å². The van der Waals surface area contributed by atoms with Gasteiger partial charge in [0, 0.05) is 23.7 Å². The summed E-state index contributed by atoms with van der Waals surface area (Å²) in [6.45, 7) is 3.39. The molecule has 0 fully saturated rings. The van der Waals surface area contributed by atoms with E-state index in [1.807, 2.05) is 11.8 Å². The van der Waals surface area contributed by atoms with E-state index in [1.54, 1.807) is 0 Å². The molecule has 4 heteroatoms. The fraction of sp³-hybridized carbons (Fsp3) is 0.269. The number of nitrogens with one attached hydrogen (secondary N) is 1. The predicted molar refractivity (Wildman–Crippen MR) is 128 cm³/mol. The fourth-order valence-electron chi connectivity index (χ4n) is 3.23. The summed E-state index contributed by atoms with van der Waals surface area (Å²) >= 11 is 1.84. The highest BCUT2D eigenvalue weighted by Gasteiger charge is 2.06. The molecule has 0 aliphatic heterocycles. The molecule has 3 rings (SSSR count). The zero-order chi connectivity index (χ0) is 20.5. The van der Waals surface area contributed by atoms with Crippen molar-refractivity contribution >= 4 is 17.7 Å². The summed E-state index contributed by atoms with van der Waals surface area (Å²) in [6.07, 6.45) is 1.17. The van der Waals surface area contributed by atoms with Crippen LogP contribution >= 0.6 is 11.8 Å². The van der Waals surface area contributed by atoms with Gasteiger partial charge in [-0.3, -0.25) is 4.79 Å². The van der Waals surface area contributed by atoms with Crippen LogP contribution in [0.3, 0.4) is 0 Å². The van der Waals surface area contributed by atoms with Gasteiger partial charge in [-0.15, -0.1) is 11.8 Å². The van der Waals surface area contributed by atoms with Gasteiger partial charge in [-0.25, -0.2) is 0 Å². The number of hydrogen-bond acceptors (Lipinski definition) is 3. The second-order valence-corrected chi connectivity index (χ2v) is 8.01. The van der Waals surface area contributed by atoms with E-state index < -0.39 is 5.97 Å². The first-order valence-electron chi connectivity index (χ1n) is 9.97. The Bertz CT molecular complexity index is 924. The van der Waals surface area contributed by atoms with Gasteiger partial charge in [-0.05, 0) is 46.4 Å². The minimum Gasteiger partial charge on any atom is -0.481 e. The number of benzene rings is 3. The maximum atomic E-state index is 10.5. The Kier molecular flexibility index (Phi) is 9.65. The Hall–Kier alpha value is -2.56. The molecule has 3 nitrogen and oxygen atoms in total. The molecule has 0 amide bonds. The summed E-state index contributed by atoms with van der Waals surface area (Å²) in [6, 6.07) is 25.8. The highest BCUT2D eigenvalue weighted by Crippen LogP contribution is 2.28. The number of carboxylic acid groups (broad SMARTS) is 1. The predicted octanol–water partition coefficient (Wildman–Crippen LogP) is 6.41. The van der Waals surface area contributed by atoms with Crippen LogP contribution < -0.4 is 5.32 Å². The first-order valence-corrected chi connectivity index (χ1v) is 11.0. The first kappa shape index (κ1) is 23.7. The summed E-state index contributed by atoms with van der Waals surface area (Å²) in [5, 5.41) is 11.8. The summed E-state index contributed by atoms with van der Waals surface area (Å²) in [7, 11) is 0. The second-order valence-electron chi connectivity index (χ2n) is 6.96. The van der Waals surface area contributed by atoms with E-state index in [0.717, 1.165) is 12.2 Å². The normalized spacial score (nSPS) is 10.4. The molecule has 0 aliphatic carbocycles. The van der Waals surface area contributed by atoms with Crippen LogP contribution in [0.2, 0.25) is 0 Å². The van der Waals surface area contributed by atoms with Gasteiger partial charge in [0.15, 0.2) is 0 Å². The first-order chi connectivity index (χ1) is 14.2. The lowest BCUT2D eigenvalue weighted by Crippen LogP contribution is -2.17. The van der Waals surface area contributed by atoms with Crippen molar-refractivity contribution in [2.75, 3.05) is 6.54 Å². The molecule has 158 valence electrons. The molecular formula is C26H31NO2S. The van der Waals surface area contributed by atoms with Crippen LogP contribution in [0.5, 0.6) is 0 Å². The lowest BCUT2D eigenvalue weighted by molar-refractivity contribution is -0.136. The number of carbonyl (C=O) groups is 1. The largest absolute Gasteiger partial charge is 0.481 e. The third-order valence-electron chi connectivity index (χ3n) is 4.81. The maximum Gasteiger partial charge on any atom is 0.304 e. The lowest BCUT2D eigenvalue weighted by atomic mass is 9.96. The quantitative estimate of drug-likeness (QED) is 0.293. The molecule has 0 saturated carbocycles. The number of aryl methyl sites for hydroxylation is 1. The van der Waals surface area contributed by atoms with Crippen LogP contribution in [0.15, 0.2) is 77.7 Å². The van der Waals surface area contributed by atoms with Crippen molar-refractivity contribution in [3.05, 3.63) is 89.5 Å². The minimum absolute atomic E-state index is 0. The van der Waals surface area contributed by atoms with Crippen molar-refractivity contribution in [1.82, 2.24) is 5.32 Å². The maximum absolute atomic E-state index is 10.5. The van der Waals surface area contributed by atoms with Crippen LogP contribution in [0.25, 0.3) is 11.1 Å². The van der Waals surface area contributed by atoms with E-state index in [-0.39, 0.29) is 13.8 Å². The van der Waals surface area contributed by atoms with Crippen molar-refractivity contribution in [3.8, 4) is 11.1 Å². The molecular weight excluding hydrogens is 390 g/mol. The summed E-state index contributed by atoms with van der Waals surface area (Å²) in [5.74, 6) is 0.172. The van der Waals surface area contributed by atoms with Crippen LogP contribution in [0, 0.1) is 0 Å². The molecule has 2 N–H and O–H groups in total. The molecule has 0 atom stereocenters. The molecule has 0 radical (unpaired) electrons. The Labute approximate surface area is 184 Å². The van der Waals surface area contributed by atoms with Crippen molar-refractivity contribution in [1.29, 1.82) is 0 Å². The highest BCUT2D eigenvalue weighted by molar-refractivity contribution is 7.98. The summed E-state index contributed by atoms with van der Waals surface area (Å²) in [5.41, 5.74) is 6.49. The van der Waals surface area contributed by atoms with Gasteiger partial charge in [0.2, 0.25) is 0 Å². The SMILES string of the molecule is C.CCc1cc(CSc2ccc(CNCCC(=O)O)cc2)ccc1-c1ccccc1. The van der Waals surface area contributed by atoms with E-state index in [0.29, 0.717) is 13.1 Å². The Morgan fingerprint density at radius 2 is 1.67 bits per heavy atom. The average Bonchev–Trinajstić information content (AvgIpc) is 2.76.